The zero-order valence-corrected chi connectivity index (χ0v) is 11.6. The van der Waals surface area contributed by atoms with Gasteiger partial charge in [0.15, 0.2) is 0 Å². The summed E-state index contributed by atoms with van der Waals surface area (Å²) in [5.74, 6) is 0.101. The molecule has 100 valence electrons. The molecule has 2 aromatic rings. The molecule has 1 aromatic carbocycles. The molecule has 0 fully saturated rings. The minimum absolute atomic E-state index is 0.0621. The largest absolute Gasteiger partial charge is 0.481 e. The topological polar surface area (TPSA) is 88.2 Å². The minimum atomic E-state index is -0.840. The number of rotatable bonds is 6. The van der Waals surface area contributed by atoms with E-state index in [1.165, 1.54) is 0 Å². The molecule has 1 heterocycles. The molecule has 0 aliphatic rings. The zero-order valence-electron chi connectivity index (χ0n) is 9.97. The Hall–Kier alpha value is -1.73. The quantitative estimate of drug-likeness (QED) is 0.790. The van der Waals surface area contributed by atoms with Crippen LogP contribution in [0.1, 0.15) is 12.3 Å². The molecule has 0 amide bonds. The summed E-state index contributed by atoms with van der Waals surface area (Å²) in [6, 6.07) is 7.59. The van der Waals surface area contributed by atoms with E-state index in [-0.39, 0.29) is 6.42 Å². The Balaban J connectivity index is 1.94. The first kappa shape index (κ1) is 13.7. The summed E-state index contributed by atoms with van der Waals surface area (Å²) in [7, 11) is 0. The molecule has 0 bridgehead atoms. The molecule has 0 saturated heterocycles. The van der Waals surface area contributed by atoms with E-state index in [1.807, 2.05) is 24.3 Å². The van der Waals surface area contributed by atoms with Crippen molar-refractivity contribution in [1.82, 2.24) is 15.5 Å². The van der Waals surface area contributed by atoms with Gasteiger partial charge in [0, 0.05) is 16.6 Å². The second-order valence-corrected chi connectivity index (χ2v) is 4.76. The van der Waals surface area contributed by atoms with Crippen molar-refractivity contribution in [1.29, 1.82) is 0 Å². The van der Waals surface area contributed by atoms with E-state index in [2.05, 4.69) is 31.4 Å². The molecule has 2 rings (SSSR count). The Labute approximate surface area is 118 Å². The van der Waals surface area contributed by atoms with Gasteiger partial charge in [0.05, 0.1) is 13.0 Å². The maximum atomic E-state index is 10.3. The van der Waals surface area contributed by atoms with Crippen molar-refractivity contribution in [3.63, 3.8) is 0 Å². The van der Waals surface area contributed by atoms with Gasteiger partial charge in [0.25, 0.3) is 0 Å². The first-order valence-corrected chi connectivity index (χ1v) is 6.45. The van der Waals surface area contributed by atoms with Crippen molar-refractivity contribution < 1.29 is 14.4 Å². The summed E-state index contributed by atoms with van der Waals surface area (Å²) in [6.45, 7) is 0.720. The minimum Gasteiger partial charge on any atom is -0.481 e. The smallest absolute Gasteiger partial charge is 0.304 e. The van der Waals surface area contributed by atoms with Gasteiger partial charge in [0.1, 0.15) is 0 Å². The molecule has 0 radical (unpaired) electrons. The Morgan fingerprint density at radius 2 is 2.32 bits per heavy atom. The highest BCUT2D eigenvalue weighted by atomic mass is 79.9. The van der Waals surface area contributed by atoms with Crippen LogP contribution < -0.4 is 5.32 Å². The van der Waals surface area contributed by atoms with Crippen LogP contribution in [0.3, 0.4) is 0 Å². The molecule has 1 aromatic heterocycles. The summed E-state index contributed by atoms with van der Waals surface area (Å²) in [4.78, 5) is 14.6. The molecule has 0 saturated carbocycles. The molecule has 0 spiro atoms. The molecule has 0 aliphatic heterocycles. The van der Waals surface area contributed by atoms with Gasteiger partial charge in [-0.05, 0) is 12.1 Å². The number of halogens is 1. The second kappa shape index (κ2) is 6.44. The fraction of sp³-hybridized carbons (Fsp3) is 0.250. The lowest BCUT2D eigenvalue weighted by Crippen LogP contribution is -2.17. The number of hydrogen-bond donors (Lipinski definition) is 2. The van der Waals surface area contributed by atoms with E-state index in [4.69, 9.17) is 9.63 Å². The summed E-state index contributed by atoms with van der Waals surface area (Å²) in [5.41, 5.74) is 0.856. The molecule has 0 atom stereocenters. The van der Waals surface area contributed by atoms with Crippen LogP contribution in [0, 0.1) is 0 Å². The lowest BCUT2D eigenvalue weighted by molar-refractivity contribution is -0.136. The fourth-order valence-electron chi connectivity index (χ4n) is 1.46. The van der Waals surface area contributed by atoms with E-state index in [1.54, 1.807) is 0 Å². The number of hydrogen-bond acceptors (Lipinski definition) is 5. The van der Waals surface area contributed by atoms with Crippen molar-refractivity contribution in [3.05, 3.63) is 34.6 Å². The molecule has 0 unspecified atom stereocenters. The summed E-state index contributed by atoms with van der Waals surface area (Å²) >= 11 is 3.38. The van der Waals surface area contributed by atoms with Crippen LogP contribution in [0.2, 0.25) is 0 Å². The molecular formula is C12H12BrN3O3. The maximum Gasteiger partial charge on any atom is 0.304 e. The molecular weight excluding hydrogens is 314 g/mol. The fourth-order valence-corrected chi connectivity index (χ4v) is 1.86. The van der Waals surface area contributed by atoms with E-state index >= 15 is 0 Å². The first-order chi connectivity index (χ1) is 9.15. The number of benzene rings is 1. The third kappa shape index (κ3) is 4.15. The van der Waals surface area contributed by atoms with Crippen molar-refractivity contribution in [3.8, 4) is 11.4 Å². The Bertz CT molecular complexity index is 571. The number of carboxylic acid groups (broad SMARTS) is 1. The third-order valence-corrected chi connectivity index (χ3v) is 2.84. The van der Waals surface area contributed by atoms with Gasteiger partial charge >= 0.3 is 5.97 Å². The first-order valence-electron chi connectivity index (χ1n) is 5.66. The SMILES string of the molecule is O=C(O)CCNCc1nc(-c2cccc(Br)c2)no1. The van der Waals surface area contributed by atoms with Gasteiger partial charge in [-0.1, -0.05) is 33.2 Å². The van der Waals surface area contributed by atoms with E-state index in [0.717, 1.165) is 10.0 Å². The summed E-state index contributed by atoms with van der Waals surface area (Å²) < 4.78 is 6.02. The highest BCUT2D eigenvalue weighted by Gasteiger charge is 2.08. The number of nitrogens with zero attached hydrogens (tertiary/aromatic N) is 2. The molecule has 7 heteroatoms. The second-order valence-electron chi connectivity index (χ2n) is 3.84. The Kier molecular flexibility index (Phi) is 4.64. The normalized spacial score (nSPS) is 10.6. The third-order valence-electron chi connectivity index (χ3n) is 2.34. The molecule has 0 aliphatic carbocycles. The number of carboxylic acids is 1. The van der Waals surface area contributed by atoms with Crippen LogP contribution in [-0.4, -0.2) is 27.8 Å². The van der Waals surface area contributed by atoms with E-state index in [9.17, 15) is 4.79 Å². The van der Waals surface area contributed by atoms with Crippen LogP contribution >= 0.6 is 15.9 Å². The average Bonchev–Trinajstić information content (AvgIpc) is 2.83. The maximum absolute atomic E-state index is 10.3. The van der Waals surface area contributed by atoms with Gasteiger partial charge in [-0.2, -0.15) is 4.98 Å². The summed E-state index contributed by atoms with van der Waals surface area (Å²) in [5, 5.41) is 15.3. The van der Waals surface area contributed by atoms with Crippen LogP contribution in [-0.2, 0) is 11.3 Å². The Morgan fingerprint density at radius 1 is 1.47 bits per heavy atom. The van der Waals surface area contributed by atoms with Crippen molar-refractivity contribution in [2.75, 3.05) is 6.54 Å². The van der Waals surface area contributed by atoms with Gasteiger partial charge in [-0.3, -0.25) is 4.79 Å². The molecule has 19 heavy (non-hydrogen) atoms. The van der Waals surface area contributed by atoms with Crippen molar-refractivity contribution in [2.24, 2.45) is 0 Å². The van der Waals surface area contributed by atoms with Gasteiger partial charge in [0.2, 0.25) is 11.7 Å². The van der Waals surface area contributed by atoms with Crippen LogP contribution in [0.4, 0.5) is 0 Å². The van der Waals surface area contributed by atoms with E-state index < -0.39 is 5.97 Å². The highest BCUT2D eigenvalue weighted by Crippen LogP contribution is 2.20. The lowest BCUT2D eigenvalue weighted by atomic mass is 10.2. The number of aliphatic carboxylic acids is 1. The highest BCUT2D eigenvalue weighted by molar-refractivity contribution is 9.10. The number of aromatic nitrogens is 2. The van der Waals surface area contributed by atoms with Crippen LogP contribution in [0.5, 0.6) is 0 Å². The van der Waals surface area contributed by atoms with Crippen molar-refractivity contribution >= 4 is 21.9 Å². The van der Waals surface area contributed by atoms with E-state index in [0.29, 0.717) is 24.8 Å². The van der Waals surface area contributed by atoms with Crippen LogP contribution in [0.25, 0.3) is 11.4 Å². The van der Waals surface area contributed by atoms with Gasteiger partial charge < -0.3 is 14.9 Å². The summed E-state index contributed by atoms with van der Waals surface area (Å²) in [6.07, 6.45) is 0.0621. The predicted octanol–water partition coefficient (Wildman–Crippen LogP) is 2.06. The number of carbonyl (C=O) groups is 1. The number of nitrogens with one attached hydrogen (secondary N) is 1. The lowest BCUT2D eigenvalue weighted by Gasteiger charge is -1.97. The van der Waals surface area contributed by atoms with Crippen molar-refractivity contribution in [2.45, 2.75) is 13.0 Å². The monoisotopic (exact) mass is 325 g/mol. The average molecular weight is 326 g/mol. The van der Waals surface area contributed by atoms with Gasteiger partial charge in [-0.15, -0.1) is 0 Å². The molecule has 6 nitrogen and oxygen atoms in total. The zero-order chi connectivity index (χ0) is 13.7. The van der Waals surface area contributed by atoms with Gasteiger partial charge in [-0.25, -0.2) is 0 Å². The Morgan fingerprint density at radius 3 is 3.05 bits per heavy atom. The standard InChI is InChI=1S/C12H12BrN3O3/c13-9-3-1-2-8(6-9)12-15-10(19-16-12)7-14-5-4-11(17)18/h1-3,6,14H,4-5,7H2,(H,17,18). The van der Waals surface area contributed by atoms with Crippen LogP contribution in [0.15, 0.2) is 33.3 Å². The predicted molar refractivity (Wildman–Crippen MR) is 71.4 cm³/mol. The molecule has 2 N–H and O–H groups in total.